The van der Waals surface area contributed by atoms with Crippen LogP contribution in [-0.4, -0.2) is 41.5 Å². The average molecular weight is 395 g/mol. The van der Waals surface area contributed by atoms with E-state index in [0.29, 0.717) is 12.3 Å². The standard InChI is InChI=1S/C20H29BrNO2/c21-12-6-2-5-9-20(23)24-19-16-22(13-10-18(19)11-14-22)15-17-7-3-1-4-8-17/h1,3-4,7-8,18-19H,2,5-6,9-16H2/q+1/t18?,19-,22?/m0/s1. The first-order valence-electron chi connectivity index (χ1n) is 9.35. The summed E-state index contributed by atoms with van der Waals surface area (Å²) in [6.45, 7) is 4.55. The third-order valence-electron chi connectivity index (χ3n) is 5.70. The van der Waals surface area contributed by atoms with Crippen LogP contribution in [0.25, 0.3) is 0 Å². The molecule has 0 spiro atoms. The number of rotatable bonds is 8. The van der Waals surface area contributed by atoms with Crippen molar-refractivity contribution in [2.24, 2.45) is 5.92 Å². The van der Waals surface area contributed by atoms with Gasteiger partial charge in [0.1, 0.15) is 13.1 Å². The number of piperidine rings is 3. The number of hydrogen-bond donors (Lipinski definition) is 0. The van der Waals surface area contributed by atoms with Crippen molar-refractivity contribution in [3.05, 3.63) is 35.9 Å². The third-order valence-corrected chi connectivity index (χ3v) is 6.26. The maximum absolute atomic E-state index is 12.2. The van der Waals surface area contributed by atoms with E-state index in [1.807, 2.05) is 0 Å². The van der Waals surface area contributed by atoms with E-state index in [1.54, 1.807) is 0 Å². The zero-order valence-corrected chi connectivity index (χ0v) is 16.0. The van der Waals surface area contributed by atoms with Crippen molar-refractivity contribution in [2.75, 3.05) is 25.0 Å². The minimum absolute atomic E-state index is 0.0150. The molecule has 1 atom stereocenters. The van der Waals surface area contributed by atoms with Gasteiger partial charge in [-0.1, -0.05) is 52.7 Å². The van der Waals surface area contributed by atoms with Crippen LogP contribution in [0.1, 0.15) is 44.1 Å². The highest BCUT2D eigenvalue weighted by Crippen LogP contribution is 2.37. The van der Waals surface area contributed by atoms with Crippen LogP contribution < -0.4 is 0 Å². The summed E-state index contributed by atoms with van der Waals surface area (Å²) in [7, 11) is 0. The SMILES string of the molecule is O=C(CCCCCBr)O[C@H]1C[N+]2(Cc3ccccc3)CCC1CC2. The number of ether oxygens (including phenoxy) is 1. The minimum atomic E-state index is 0.0150. The lowest BCUT2D eigenvalue weighted by Crippen LogP contribution is -2.63. The van der Waals surface area contributed by atoms with Gasteiger partial charge >= 0.3 is 5.97 Å². The van der Waals surface area contributed by atoms with E-state index < -0.39 is 0 Å². The van der Waals surface area contributed by atoms with Crippen molar-refractivity contribution in [1.82, 2.24) is 0 Å². The van der Waals surface area contributed by atoms with Gasteiger partial charge in [0.05, 0.1) is 13.1 Å². The van der Waals surface area contributed by atoms with Crippen molar-refractivity contribution in [2.45, 2.75) is 51.2 Å². The Balaban J connectivity index is 1.53. The highest BCUT2D eigenvalue weighted by Gasteiger charge is 2.47. The van der Waals surface area contributed by atoms with Gasteiger partial charge in [0.25, 0.3) is 0 Å². The van der Waals surface area contributed by atoms with E-state index in [4.69, 9.17) is 4.74 Å². The summed E-state index contributed by atoms with van der Waals surface area (Å²) in [5, 5.41) is 1.02. The van der Waals surface area contributed by atoms with Crippen molar-refractivity contribution in [3.63, 3.8) is 0 Å². The first-order chi connectivity index (χ1) is 11.7. The first-order valence-corrected chi connectivity index (χ1v) is 10.5. The Bertz CT molecular complexity index is 526. The number of carbonyl (C=O) groups excluding carboxylic acids is 1. The summed E-state index contributed by atoms with van der Waals surface area (Å²) in [5.41, 5.74) is 1.40. The van der Waals surface area contributed by atoms with E-state index in [9.17, 15) is 4.79 Å². The lowest BCUT2D eigenvalue weighted by Gasteiger charge is -2.52. The second-order valence-electron chi connectivity index (χ2n) is 7.48. The molecule has 0 unspecified atom stereocenters. The number of fused-ring (bicyclic) bond motifs is 3. The van der Waals surface area contributed by atoms with E-state index in [1.165, 1.54) is 31.5 Å². The summed E-state index contributed by atoms with van der Waals surface area (Å²) in [6.07, 6.45) is 6.31. The molecule has 4 rings (SSSR count). The van der Waals surface area contributed by atoms with Crippen LogP contribution in [-0.2, 0) is 16.1 Å². The van der Waals surface area contributed by atoms with Gasteiger partial charge in [0, 0.05) is 36.1 Å². The van der Waals surface area contributed by atoms with E-state index in [-0.39, 0.29) is 12.1 Å². The van der Waals surface area contributed by atoms with Gasteiger partial charge in [-0.15, -0.1) is 0 Å². The molecular formula is C20H29BrNO2+. The van der Waals surface area contributed by atoms with Gasteiger partial charge in [-0.3, -0.25) is 4.79 Å². The van der Waals surface area contributed by atoms with E-state index in [2.05, 4.69) is 46.3 Å². The van der Waals surface area contributed by atoms with E-state index >= 15 is 0 Å². The molecule has 0 N–H and O–H groups in total. The largest absolute Gasteiger partial charge is 0.456 e. The number of halogens is 1. The fourth-order valence-corrected chi connectivity index (χ4v) is 4.71. The second-order valence-corrected chi connectivity index (χ2v) is 8.27. The van der Waals surface area contributed by atoms with Gasteiger partial charge in [-0.2, -0.15) is 0 Å². The van der Waals surface area contributed by atoms with Crippen LogP contribution in [0, 0.1) is 5.92 Å². The van der Waals surface area contributed by atoms with Crippen molar-refractivity contribution >= 4 is 21.9 Å². The molecule has 0 radical (unpaired) electrons. The topological polar surface area (TPSA) is 26.3 Å². The normalized spacial score (nSPS) is 28.7. The molecule has 3 aliphatic heterocycles. The Morgan fingerprint density at radius 1 is 1.12 bits per heavy atom. The fraction of sp³-hybridized carbons (Fsp3) is 0.650. The lowest BCUT2D eigenvalue weighted by atomic mass is 9.83. The molecule has 3 nitrogen and oxygen atoms in total. The van der Waals surface area contributed by atoms with Crippen LogP contribution in [0.5, 0.6) is 0 Å². The Morgan fingerprint density at radius 3 is 2.58 bits per heavy atom. The summed E-state index contributed by atoms with van der Waals surface area (Å²) < 4.78 is 7.00. The van der Waals surface area contributed by atoms with E-state index in [0.717, 1.165) is 42.2 Å². The molecule has 132 valence electrons. The summed E-state index contributed by atoms with van der Waals surface area (Å²) in [4.78, 5) is 12.2. The number of carbonyl (C=O) groups is 1. The molecule has 0 amide bonds. The number of benzene rings is 1. The Morgan fingerprint density at radius 2 is 1.88 bits per heavy atom. The fourth-order valence-electron chi connectivity index (χ4n) is 4.32. The number of esters is 1. The molecule has 0 saturated carbocycles. The predicted molar refractivity (Wildman–Crippen MR) is 99.9 cm³/mol. The molecule has 3 aliphatic rings. The molecule has 2 bridgehead atoms. The molecule has 24 heavy (non-hydrogen) atoms. The van der Waals surface area contributed by atoms with Crippen LogP contribution in [0.15, 0.2) is 30.3 Å². The molecule has 3 fully saturated rings. The number of quaternary nitrogens is 1. The smallest absolute Gasteiger partial charge is 0.306 e. The van der Waals surface area contributed by atoms with Crippen molar-refractivity contribution in [1.29, 1.82) is 0 Å². The zero-order chi connectivity index (χ0) is 16.8. The van der Waals surface area contributed by atoms with Crippen LogP contribution >= 0.6 is 15.9 Å². The van der Waals surface area contributed by atoms with Crippen LogP contribution in [0.3, 0.4) is 0 Å². The molecule has 3 saturated heterocycles. The summed E-state index contributed by atoms with van der Waals surface area (Å²) >= 11 is 3.43. The Labute approximate surface area is 154 Å². The Kier molecular flexibility index (Phi) is 6.34. The predicted octanol–water partition coefficient (Wildman–Crippen LogP) is 4.29. The molecule has 4 heteroatoms. The zero-order valence-electron chi connectivity index (χ0n) is 14.5. The van der Waals surface area contributed by atoms with Crippen molar-refractivity contribution in [3.8, 4) is 0 Å². The number of alkyl halides is 1. The highest BCUT2D eigenvalue weighted by atomic mass is 79.9. The van der Waals surface area contributed by atoms with Gasteiger partial charge in [-0.05, 0) is 12.8 Å². The monoisotopic (exact) mass is 394 g/mol. The van der Waals surface area contributed by atoms with Gasteiger partial charge in [0.2, 0.25) is 0 Å². The minimum Gasteiger partial charge on any atom is -0.456 e. The number of unbranched alkanes of at least 4 members (excludes halogenated alkanes) is 2. The molecular weight excluding hydrogens is 366 g/mol. The molecule has 3 heterocycles. The summed E-state index contributed by atoms with van der Waals surface area (Å²) in [6, 6.07) is 10.8. The average Bonchev–Trinajstić information content (AvgIpc) is 2.60. The van der Waals surface area contributed by atoms with Crippen LogP contribution in [0.2, 0.25) is 0 Å². The van der Waals surface area contributed by atoms with Crippen molar-refractivity contribution < 1.29 is 14.0 Å². The maximum Gasteiger partial charge on any atom is 0.306 e. The third kappa shape index (κ3) is 4.60. The molecule has 0 aliphatic carbocycles. The lowest BCUT2D eigenvalue weighted by molar-refractivity contribution is -0.958. The van der Waals surface area contributed by atoms with Gasteiger partial charge < -0.3 is 9.22 Å². The first kappa shape index (κ1) is 17.9. The highest BCUT2D eigenvalue weighted by molar-refractivity contribution is 9.09. The van der Waals surface area contributed by atoms with Crippen LogP contribution in [0.4, 0.5) is 0 Å². The number of hydrogen-bond acceptors (Lipinski definition) is 2. The molecule has 1 aromatic rings. The number of nitrogens with zero attached hydrogens (tertiary/aromatic N) is 1. The second kappa shape index (κ2) is 8.48. The van der Waals surface area contributed by atoms with Gasteiger partial charge in [0.15, 0.2) is 6.10 Å². The summed E-state index contributed by atoms with van der Waals surface area (Å²) in [5.74, 6) is 0.605. The van der Waals surface area contributed by atoms with Gasteiger partial charge in [-0.25, -0.2) is 0 Å². The maximum atomic E-state index is 12.2. The Hall–Kier alpha value is -0.870. The molecule has 0 aromatic heterocycles. The quantitative estimate of drug-likeness (QED) is 0.284. The molecule has 1 aromatic carbocycles.